The van der Waals surface area contributed by atoms with Crippen LogP contribution in [-0.4, -0.2) is 38.0 Å². The smallest absolute Gasteiger partial charge is 0.0698 e. The number of rotatable bonds is 7. The van der Waals surface area contributed by atoms with E-state index in [9.17, 15) is 0 Å². The van der Waals surface area contributed by atoms with Crippen molar-refractivity contribution in [2.24, 2.45) is 11.8 Å². The molecule has 14 heavy (non-hydrogen) atoms. The maximum Gasteiger partial charge on any atom is 0.0698 e. The van der Waals surface area contributed by atoms with Crippen LogP contribution in [0.3, 0.4) is 0 Å². The molecule has 3 heteroatoms. The van der Waals surface area contributed by atoms with Crippen molar-refractivity contribution in [2.45, 2.75) is 26.2 Å². The molecule has 0 aliphatic heterocycles. The fourth-order valence-corrected chi connectivity index (χ4v) is 2.12. The summed E-state index contributed by atoms with van der Waals surface area (Å²) in [6, 6.07) is 0. The van der Waals surface area contributed by atoms with Crippen LogP contribution < -0.4 is 5.32 Å². The molecule has 2 unspecified atom stereocenters. The quantitative estimate of drug-likeness (QED) is 0.604. The highest BCUT2D eigenvalue weighted by Gasteiger charge is 2.22. The van der Waals surface area contributed by atoms with E-state index in [2.05, 4.69) is 12.2 Å². The topological polar surface area (TPSA) is 41.5 Å². The van der Waals surface area contributed by atoms with E-state index in [1.54, 1.807) is 0 Å². The van der Waals surface area contributed by atoms with Crippen molar-refractivity contribution < 1.29 is 9.84 Å². The van der Waals surface area contributed by atoms with Crippen LogP contribution in [0.4, 0.5) is 0 Å². The summed E-state index contributed by atoms with van der Waals surface area (Å²) in [6.07, 6.45) is 4.17. The molecule has 84 valence electrons. The van der Waals surface area contributed by atoms with Gasteiger partial charge in [-0.2, -0.15) is 0 Å². The van der Waals surface area contributed by atoms with E-state index in [1.807, 2.05) is 0 Å². The predicted octanol–water partition coefficient (Wildman–Crippen LogP) is 1.02. The monoisotopic (exact) mass is 201 g/mol. The maximum atomic E-state index is 8.48. The first-order valence-corrected chi connectivity index (χ1v) is 5.74. The standard InChI is InChI=1S/C11H23NO2/c1-10-3-2-4-11(10)9-12-5-7-14-8-6-13/h10-13H,2-9H2,1H3. The molecule has 1 fully saturated rings. The van der Waals surface area contributed by atoms with Gasteiger partial charge in [0.15, 0.2) is 0 Å². The van der Waals surface area contributed by atoms with Crippen LogP contribution in [-0.2, 0) is 4.74 Å². The second-order valence-electron chi connectivity index (χ2n) is 4.21. The highest BCUT2D eigenvalue weighted by Crippen LogP contribution is 2.30. The summed E-state index contributed by atoms with van der Waals surface area (Å²) in [5.41, 5.74) is 0. The fraction of sp³-hybridized carbons (Fsp3) is 1.00. The summed E-state index contributed by atoms with van der Waals surface area (Å²) in [5, 5.41) is 11.9. The lowest BCUT2D eigenvalue weighted by Crippen LogP contribution is -2.27. The zero-order chi connectivity index (χ0) is 10.2. The largest absolute Gasteiger partial charge is 0.394 e. The molecule has 0 aromatic heterocycles. The summed E-state index contributed by atoms with van der Waals surface area (Å²) in [5.74, 6) is 1.76. The van der Waals surface area contributed by atoms with Gasteiger partial charge in [0.2, 0.25) is 0 Å². The summed E-state index contributed by atoms with van der Waals surface area (Å²) >= 11 is 0. The molecule has 0 amide bonds. The molecular weight excluding hydrogens is 178 g/mol. The van der Waals surface area contributed by atoms with E-state index in [0.717, 1.165) is 24.9 Å². The van der Waals surface area contributed by atoms with Crippen molar-refractivity contribution in [3.63, 3.8) is 0 Å². The fourth-order valence-electron chi connectivity index (χ4n) is 2.12. The zero-order valence-electron chi connectivity index (χ0n) is 9.17. The van der Waals surface area contributed by atoms with Gasteiger partial charge in [-0.1, -0.05) is 19.8 Å². The van der Waals surface area contributed by atoms with Gasteiger partial charge in [-0.25, -0.2) is 0 Å². The van der Waals surface area contributed by atoms with E-state index < -0.39 is 0 Å². The molecule has 0 bridgehead atoms. The van der Waals surface area contributed by atoms with Gasteiger partial charge >= 0.3 is 0 Å². The number of ether oxygens (including phenoxy) is 1. The van der Waals surface area contributed by atoms with Crippen LogP contribution >= 0.6 is 0 Å². The lowest BCUT2D eigenvalue weighted by Gasteiger charge is -2.15. The Morgan fingerprint density at radius 1 is 1.36 bits per heavy atom. The molecule has 1 saturated carbocycles. The first-order chi connectivity index (χ1) is 6.84. The first-order valence-electron chi connectivity index (χ1n) is 5.74. The van der Waals surface area contributed by atoms with Gasteiger partial charge in [0.05, 0.1) is 19.8 Å². The second-order valence-corrected chi connectivity index (χ2v) is 4.21. The SMILES string of the molecule is CC1CCCC1CNCCOCCO. The van der Waals surface area contributed by atoms with Gasteiger partial charge in [0.25, 0.3) is 0 Å². The van der Waals surface area contributed by atoms with Crippen molar-refractivity contribution in [2.75, 3.05) is 32.9 Å². The average molecular weight is 201 g/mol. The predicted molar refractivity (Wildman–Crippen MR) is 57.3 cm³/mol. The molecular formula is C11H23NO2. The molecule has 0 heterocycles. The molecule has 0 aromatic rings. The van der Waals surface area contributed by atoms with Crippen molar-refractivity contribution in [3.8, 4) is 0 Å². The summed E-state index contributed by atoms with van der Waals surface area (Å²) in [4.78, 5) is 0. The molecule has 0 aromatic carbocycles. The van der Waals surface area contributed by atoms with Crippen molar-refractivity contribution in [1.29, 1.82) is 0 Å². The normalized spacial score (nSPS) is 27.0. The van der Waals surface area contributed by atoms with Crippen molar-refractivity contribution >= 4 is 0 Å². The summed E-state index contributed by atoms with van der Waals surface area (Å²) < 4.78 is 5.16. The molecule has 2 N–H and O–H groups in total. The Morgan fingerprint density at radius 3 is 2.86 bits per heavy atom. The first kappa shape index (κ1) is 12.0. The molecule has 0 radical (unpaired) electrons. The minimum absolute atomic E-state index is 0.125. The minimum Gasteiger partial charge on any atom is -0.394 e. The zero-order valence-corrected chi connectivity index (χ0v) is 9.17. The third-order valence-electron chi connectivity index (χ3n) is 3.10. The van der Waals surface area contributed by atoms with Gasteiger partial charge in [0.1, 0.15) is 0 Å². The number of hydrogen-bond donors (Lipinski definition) is 2. The van der Waals surface area contributed by atoms with Crippen LogP contribution in [0.15, 0.2) is 0 Å². The summed E-state index contributed by atoms with van der Waals surface area (Å²) in [6.45, 7) is 5.68. The number of aliphatic hydroxyl groups is 1. The van der Waals surface area contributed by atoms with Crippen LogP contribution in [0.1, 0.15) is 26.2 Å². The van der Waals surface area contributed by atoms with Crippen molar-refractivity contribution in [1.82, 2.24) is 5.32 Å². The highest BCUT2D eigenvalue weighted by molar-refractivity contribution is 4.75. The molecule has 2 atom stereocenters. The Bertz CT molecular complexity index is 141. The van der Waals surface area contributed by atoms with Gasteiger partial charge in [-0.05, 0) is 24.8 Å². The number of hydrogen-bond acceptors (Lipinski definition) is 3. The van der Waals surface area contributed by atoms with Gasteiger partial charge in [-0.15, -0.1) is 0 Å². The van der Waals surface area contributed by atoms with Gasteiger partial charge in [-0.3, -0.25) is 0 Å². The molecule has 1 rings (SSSR count). The lowest BCUT2D eigenvalue weighted by molar-refractivity contribution is 0.0932. The average Bonchev–Trinajstić information content (AvgIpc) is 2.58. The Morgan fingerprint density at radius 2 is 2.21 bits per heavy atom. The number of aliphatic hydroxyl groups excluding tert-OH is 1. The van der Waals surface area contributed by atoms with E-state index in [4.69, 9.17) is 9.84 Å². The van der Waals surface area contributed by atoms with E-state index in [0.29, 0.717) is 13.2 Å². The molecule has 3 nitrogen and oxygen atoms in total. The lowest BCUT2D eigenvalue weighted by atomic mass is 9.98. The third kappa shape index (κ3) is 4.40. The minimum atomic E-state index is 0.125. The molecule has 1 aliphatic carbocycles. The molecule has 1 aliphatic rings. The van der Waals surface area contributed by atoms with Crippen LogP contribution in [0.5, 0.6) is 0 Å². The maximum absolute atomic E-state index is 8.48. The Balaban J connectivity index is 1.88. The van der Waals surface area contributed by atoms with E-state index >= 15 is 0 Å². The van der Waals surface area contributed by atoms with Crippen LogP contribution in [0.2, 0.25) is 0 Å². The van der Waals surface area contributed by atoms with Crippen LogP contribution in [0.25, 0.3) is 0 Å². The Kier molecular flexibility index (Phi) is 6.15. The third-order valence-corrected chi connectivity index (χ3v) is 3.10. The second kappa shape index (κ2) is 7.21. The number of nitrogens with one attached hydrogen (secondary N) is 1. The van der Waals surface area contributed by atoms with E-state index in [1.165, 1.54) is 19.3 Å². The van der Waals surface area contributed by atoms with Gasteiger partial charge in [0, 0.05) is 6.54 Å². The van der Waals surface area contributed by atoms with Crippen molar-refractivity contribution in [3.05, 3.63) is 0 Å². The van der Waals surface area contributed by atoms with Gasteiger partial charge < -0.3 is 15.2 Å². The Hall–Kier alpha value is -0.120. The summed E-state index contributed by atoms with van der Waals surface area (Å²) in [7, 11) is 0. The highest BCUT2D eigenvalue weighted by atomic mass is 16.5. The van der Waals surface area contributed by atoms with E-state index in [-0.39, 0.29) is 6.61 Å². The molecule has 0 saturated heterocycles. The molecule has 0 spiro atoms. The van der Waals surface area contributed by atoms with Crippen LogP contribution in [0, 0.1) is 11.8 Å². The Labute approximate surface area is 86.8 Å².